The smallest absolute Gasteiger partial charge is 0.416 e. The van der Waals surface area contributed by atoms with Gasteiger partial charge in [-0.3, -0.25) is 10.2 Å². The van der Waals surface area contributed by atoms with Crippen molar-refractivity contribution in [1.29, 1.82) is 0 Å². The molecule has 3 aromatic rings. The quantitative estimate of drug-likeness (QED) is 0.482. The fourth-order valence-electron chi connectivity index (χ4n) is 5.09. The average Bonchev–Trinajstić information content (AvgIpc) is 3.50. The molecule has 1 aromatic carbocycles. The Bertz CT molecular complexity index is 1420. The van der Waals surface area contributed by atoms with Crippen LogP contribution in [0.1, 0.15) is 25.8 Å². The highest BCUT2D eigenvalue weighted by Crippen LogP contribution is 2.40. The molecule has 1 unspecified atom stereocenters. The van der Waals surface area contributed by atoms with Gasteiger partial charge in [-0.05, 0) is 44.5 Å². The van der Waals surface area contributed by atoms with Crippen molar-refractivity contribution < 1.29 is 32.2 Å². The number of nitrogens with one attached hydrogen (secondary N) is 1. The number of amides is 2. The Hall–Kier alpha value is -3.97. The fraction of sp³-hybridized carbons (Fsp3) is 0.407. The van der Waals surface area contributed by atoms with E-state index in [1.165, 1.54) is 18.3 Å². The zero-order valence-electron chi connectivity index (χ0n) is 21.8. The number of benzene rings is 1. The van der Waals surface area contributed by atoms with E-state index < -0.39 is 23.6 Å². The molecule has 10 nitrogen and oxygen atoms in total. The van der Waals surface area contributed by atoms with Gasteiger partial charge in [0.05, 0.1) is 36.3 Å². The Morgan fingerprint density at radius 3 is 2.77 bits per heavy atom. The maximum absolute atomic E-state index is 13.5. The van der Waals surface area contributed by atoms with Crippen molar-refractivity contribution in [3.8, 4) is 17.1 Å². The van der Waals surface area contributed by atoms with Gasteiger partial charge >= 0.3 is 12.2 Å². The molecule has 0 spiro atoms. The van der Waals surface area contributed by atoms with Crippen LogP contribution in [-0.4, -0.2) is 65.2 Å². The number of fused-ring (bicyclic) bond motifs is 4. The van der Waals surface area contributed by atoms with E-state index >= 15 is 0 Å². The summed E-state index contributed by atoms with van der Waals surface area (Å²) < 4.78 is 56.8. The number of pyridine rings is 1. The van der Waals surface area contributed by atoms with Crippen LogP contribution in [0, 0.1) is 0 Å². The zero-order valence-corrected chi connectivity index (χ0v) is 21.8. The lowest BCUT2D eigenvalue weighted by Gasteiger charge is -2.35. The first-order chi connectivity index (χ1) is 19.1. The van der Waals surface area contributed by atoms with Gasteiger partial charge in [0.1, 0.15) is 24.3 Å². The molecule has 13 heteroatoms. The Morgan fingerprint density at radius 1 is 1.20 bits per heavy atom. The van der Waals surface area contributed by atoms with Gasteiger partial charge in [0.15, 0.2) is 17.4 Å². The molecule has 0 radical (unpaired) electrons. The van der Waals surface area contributed by atoms with Crippen LogP contribution in [0.3, 0.4) is 0 Å². The first-order valence-corrected chi connectivity index (χ1v) is 12.9. The number of nitrogens with zero attached hydrogens (tertiary/aromatic N) is 5. The van der Waals surface area contributed by atoms with E-state index in [-0.39, 0.29) is 23.5 Å². The fourth-order valence-corrected chi connectivity index (χ4v) is 5.09. The topological polar surface area (TPSA) is 102 Å². The number of alkyl halides is 3. The van der Waals surface area contributed by atoms with Gasteiger partial charge in [0.25, 0.3) is 0 Å². The summed E-state index contributed by atoms with van der Waals surface area (Å²) in [5, 5.41) is 2.81. The normalized spacial score (nSPS) is 21.3. The van der Waals surface area contributed by atoms with Gasteiger partial charge in [0.2, 0.25) is 0 Å². The van der Waals surface area contributed by atoms with Crippen LogP contribution in [0.15, 0.2) is 48.8 Å². The number of aromatic nitrogens is 3. The predicted octanol–water partition coefficient (Wildman–Crippen LogP) is 4.72. The lowest BCUT2D eigenvalue weighted by atomic mass is 10.1. The molecule has 40 heavy (non-hydrogen) atoms. The summed E-state index contributed by atoms with van der Waals surface area (Å²) in [5.41, 5.74) is 0.0649. The number of ether oxygens (including phenoxy) is 3. The van der Waals surface area contributed by atoms with E-state index in [4.69, 9.17) is 14.2 Å². The number of carbonyl (C=O) groups excluding carboxylic acids is 1. The molecule has 2 atom stereocenters. The molecule has 0 saturated carbocycles. The summed E-state index contributed by atoms with van der Waals surface area (Å²) in [7, 11) is 0. The Morgan fingerprint density at radius 2 is 2.05 bits per heavy atom. The lowest BCUT2D eigenvalue weighted by Crippen LogP contribution is -2.48. The molecular formula is C27H27F3N6O4. The summed E-state index contributed by atoms with van der Waals surface area (Å²) in [5.74, 6) is 0.635. The minimum absolute atomic E-state index is 0.102. The lowest BCUT2D eigenvalue weighted by molar-refractivity contribution is -0.141. The maximum Gasteiger partial charge on any atom is 0.416 e. The zero-order chi connectivity index (χ0) is 28.1. The van der Waals surface area contributed by atoms with Gasteiger partial charge in [-0.2, -0.15) is 13.2 Å². The van der Waals surface area contributed by atoms with Gasteiger partial charge in [-0.25, -0.2) is 19.7 Å². The molecule has 0 aliphatic carbocycles. The van der Waals surface area contributed by atoms with Crippen LogP contribution in [0.4, 0.5) is 35.3 Å². The largest absolute Gasteiger partial charge is 0.489 e. The van der Waals surface area contributed by atoms with Crippen LogP contribution in [0.2, 0.25) is 0 Å². The minimum Gasteiger partial charge on any atom is -0.489 e. The molecule has 2 saturated heterocycles. The Balaban J connectivity index is 1.19. The van der Waals surface area contributed by atoms with Crippen molar-refractivity contribution in [2.24, 2.45) is 0 Å². The predicted molar refractivity (Wildman–Crippen MR) is 139 cm³/mol. The molecule has 3 aliphatic heterocycles. The summed E-state index contributed by atoms with van der Waals surface area (Å²) in [6.07, 6.45) is -0.907. The van der Waals surface area contributed by atoms with E-state index in [1.807, 2.05) is 13.8 Å². The molecule has 1 N–H and O–H groups in total. The third kappa shape index (κ3) is 5.26. The maximum atomic E-state index is 13.5. The number of hydrogen-bond acceptors (Lipinski definition) is 8. The van der Waals surface area contributed by atoms with Crippen LogP contribution < -0.4 is 19.9 Å². The van der Waals surface area contributed by atoms with E-state index in [2.05, 4.69) is 25.2 Å². The summed E-state index contributed by atoms with van der Waals surface area (Å²) in [6.45, 7) is 5.74. The van der Waals surface area contributed by atoms with Gasteiger partial charge in [-0.15, -0.1) is 0 Å². The third-order valence-electron chi connectivity index (χ3n) is 6.99. The molecule has 210 valence electrons. The second kappa shape index (κ2) is 9.89. The average molecular weight is 557 g/mol. The van der Waals surface area contributed by atoms with Crippen LogP contribution in [-0.2, 0) is 15.7 Å². The molecule has 2 fully saturated rings. The second-order valence-electron chi connectivity index (χ2n) is 10.3. The highest BCUT2D eigenvalue weighted by molar-refractivity contribution is 6.04. The van der Waals surface area contributed by atoms with Crippen molar-refractivity contribution in [1.82, 2.24) is 15.0 Å². The van der Waals surface area contributed by atoms with Crippen molar-refractivity contribution in [2.45, 2.75) is 44.4 Å². The highest BCUT2D eigenvalue weighted by Gasteiger charge is 2.41. The third-order valence-corrected chi connectivity index (χ3v) is 6.99. The monoisotopic (exact) mass is 556 g/mol. The Kier molecular flexibility index (Phi) is 6.50. The number of hydrogen-bond donors (Lipinski definition) is 1. The van der Waals surface area contributed by atoms with Crippen LogP contribution >= 0.6 is 0 Å². The number of halogens is 3. The van der Waals surface area contributed by atoms with Gasteiger partial charge in [-0.1, -0.05) is 12.1 Å². The molecular weight excluding hydrogens is 529 g/mol. The Labute approximate surface area is 228 Å². The van der Waals surface area contributed by atoms with Crippen molar-refractivity contribution in [3.63, 3.8) is 0 Å². The van der Waals surface area contributed by atoms with E-state index in [0.29, 0.717) is 55.8 Å². The molecule has 3 aliphatic rings. The summed E-state index contributed by atoms with van der Waals surface area (Å²) in [6, 6.07) is 7.55. The van der Waals surface area contributed by atoms with Gasteiger partial charge < -0.3 is 19.1 Å². The first kappa shape index (κ1) is 26.3. The molecule has 2 amide bonds. The number of urea groups is 1. The molecule has 2 aromatic heterocycles. The highest BCUT2D eigenvalue weighted by atomic mass is 19.4. The van der Waals surface area contributed by atoms with Crippen molar-refractivity contribution in [3.05, 3.63) is 54.4 Å². The number of anilines is 3. The number of carbonyl (C=O) groups is 1. The van der Waals surface area contributed by atoms with Crippen molar-refractivity contribution in [2.75, 3.05) is 41.4 Å². The van der Waals surface area contributed by atoms with Gasteiger partial charge in [0, 0.05) is 18.7 Å². The van der Waals surface area contributed by atoms with E-state index in [9.17, 15) is 18.0 Å². The SMILES string of the molecule is CC1(C)OC[C@H](COc2ccc(NC(=O)N3c4nc(-c5cccc(C(F)(F)F)c5)ncc4N4CCC3C4)nc2)O1. The summed E-state index contributed by atoms with van der Waals surface area (Å²) >= 11 is 0. The van der Waals surface area contributed by atoms with Crippen LogP contribution in [0.5, 0.6) is 5.75 Å². The second-order valence-corrected chi connectivity index (χ2v) is 10.3. The summed E-state index contributed by atoms with van der Waals surface area (Å²) in [4.78, 5) is 30.3. The molecule has 6 rings (SSSR count). The number of rotatable bonds is 5. The standard InChI is InChI=1S/C27H27F3N6O4/c1-26(2)39-15-20(40-26)14-38-19-6-7-22(31-11-19)33-25(37)36-18-8-9-35(13-18)21-12-32-23(34-24(21)36)16-4-3-5-17(10-16)27(28,29)30/h3-7,10-12,18,20H,8-9,13-15H2,1-2H3,(H,31,33,37)/t18?,20-/m0/s1. The molecule has 2 bridgehead atoms. The minimum atomic E-state index is -4.50. The van der Waals surface area contributed by atoms with E-state index in [0.717, 1.165) is 12.1 Å². The van der Waals surface area contributed by atoms with Crippen LogP contribution in [0.25, 0.3) is 11.4 Å². The van der Waals surface area contributed by atoms with Crippen molar-refractivity contribution >= 4 is 23.4 Å². The molecule has 5 heterocycles. The van der Waals surface area contributed by atoms with E-state index in [1.54, 1.807) is 23.2 Å². The first-order valence-electron chi connectivity index (χ1n) is 12.9.